The van der Waals surface area contributed by atoms with E-state index in [2.05, 4.69) is 9.74 Å². The zero-order valence-electron chi connectivity index (χ0n) is 11.5. The molecule has 0 spiro atoms. The SMILES string of the molecule is [C-]#[N+]C(=CC=Cc1ccc(N2CCOCC2)cc1)C(=O)O. The first-order chi connectivity index (χ1) is 10.2. The Kier molecular flexibility index (Phi) is 5.13. The molecule has 0 amide bonds. The smallest absolute Gasteiger partial charge is 0.333 e. The molecule has 0 unspecified atom stereocenters. The normalized spacial score (nSPS) is 16.0. The van der Waals surface area contributed by atoms with Gasteiger partial charge in [-0.2, -0.15) is 0 Å². The fourth-order valence-electron chi connectivity index (χ4n) is 2.02. The van der Waals surface area contributed by atoms with Crippen molar-refractivity contribution in [3.63, 3.8) is 0 Å². The van der Waals surface area contributed by atoms with E-state index in [1.807, 2.05) is 24.3 Å². The topological polar surface area (TPSA) is 54.1 Å². The number of carboxylic acid groups (broad SMARTS) is 1. The summed E-state index contributed by atoms with van der Waals surface area (Å²) in [6.45, 7) is 10.0. The highest BCUT2D eigenvalue weighted by Crippen LogP contribution is 2.17. The summed E-state index contributed by atoms with van der Waals surface area (Å²) in [5.41, 5.74) is 1.81. The Labute approximate surface area is 123 Å². The molecule has 1 aliphatic heterocycles. The molecule has 1 saturated heterocycles. The molecule has 1 aromatic carbocycles. The van der Waals surface area contributed by atoms with Crippen molar-refractivity contribution in [3.05, 3.63) is 59.1 Å². The third kappa shape index (κ3) is 4.20. The average molecular weight is 284 g/mol. The van der Waals surface area contributed by atoms with E-state index in [1.54, 1.807) is 12.2 Å². The molecule has 5 nitrogen and oxygen atoms in total. The van der Waals surface area contributed by atoms with Crippen LogP contribution in [0.2, 0.25) is 0 Å². The molecule has 0 aliphatic carbocycles. The maximum atomic E-state index is 10.7. The molecule has 0 saturated carbocycles. The van der Waals surface area contributed by atoms with Gasteiger partial charge in [0.1, 0.15) is 0 Å². The van der Waals surface area contributed by atoms with Crippen LogP contribution >= 0.6 is 0 Å². The van der Waals surface area contributed by atoms with Crippen LogP contribution in [-0.4, -0.2) is 37.4 Å². The van der Waals surface area contributed by atoms with Gasteiger partial charge in [0, 0.05) is 18.8 Å². The van der Waals surface area contributed by atoms with Crippen LogP contribution in [0, 0.1) is 6.57 Å². The van der Waals surface area contributed by atoms with Gasteiger partial charge in [-0.3, -0.25) is 4.79 Å². The van der Waals surface area contributed by atoms with Gasteiger partial charge in [-0.05, 0) is 23.8 Å². The molecule has 5 heteroatoms. The van der Waals surface area contributed by atoms with Crippen molar-refractivity contribution in [2.75, 3.05) is 31.2 Å². The van der Waals surface area contributed by atoms with Crippen molar-refractivity contribution >= 4 is 17.7 Å². The first-order valence-corrected chi connectivity index (χ1v) is 6.62. The van der Waals surface area contributed by atoms with Crippen LogP contribution < -0.4 is 4.90 Å². The second kappa shape index (κ2) is 7.27. The summed E-state index contributed by atoms with van der Waals surface area (Å²) in [5, 5.41) is 8.72. The van der Waals surface area contributed by atoms with Crippen molar-refractivity contribution in [1.82, 2.24) is 0 Å². The Bertz CT molecular complexity index is 591. The van der Waals surface area contributed by atoms with Gasteiger partial charge in [-0.15, -0.1) is 0 Å². The molecule has 0 bridgehead atoms. The fourth-order valence-corrected chi connectivity index (χ4v) is 2.02. The van der Waals surface area contributed by atoms with Gasteiger partial charge >= 0.3 is 5.97 Å². The standard InChI is InChI=1S/C16H16N2O3/c1-17-15(16(19)20)4-2-3-13-5-7-14(8-6-13)18-9-11-21-12-10-18/h2-8H,9-12H2,(H,19,20). The third-order valence-electron chi connectivity index (χ3n) is 3.15. The molecular formula is C16H16N2O3. The molecule has 1 heterocycles. The van der Waals surface area contributed by atoms with E-state index < -0.39 is 5.97 Å². The second-order valence-electron chi connectivity index (χ2n) is 4.52. The first-order valence-electron chi connectivity index (χ1n) is 6.62. The Balaban J connectivity index is 2.02. The number of ether oxygens (including phenoxy) is 1. The summed E-state index contributed by atoms with van der Waals surface area (Å²) < 4.78 is 5.32. The molecule has 0 atom stereocenters. The largest absolute Gasteiger partial charge is 0.486 e. The summed E-state index contributed by atoms with van der Waals surface area (Å²) in [4.78, 5) is 15.9. The van der Waals surface area contributed by atoms with E-state index in [1.165, 1.54) is 6.08 Å². The lowest BCUT2D eigenvalue weighted by Gasteiger charge is -2.28. The number of morpholine rings is 1. The lowest BCUT2D eigenvalue weighted by atomic mass is 10.1. The van der Waals surface area contributed by atoms with E-state index in [9.17, 15) is 4.79 Å². The number of aliphatic carboxylic acids is 1. The quantitative estimate of drug-likeness (QED) is 0.524. The van der Waals surface area contributed by atoms with Crippen molar-refractivity contribution in [2.45, 2.75) is 0 Å². The summed E-state index contributed by atoms with van der Waals surface area (Å²) in [6, 6.07) is 7.99. The Morgan fingerprint density at radius 2 is 1.95 bits per heavy atom. The number of anilines is 1. The second-order valence-corrected chi connectivity index (χ2v) is 4.52. The zero-order chi connectivity index (χ0) is 15.1. The lowest BCUT2D eigenvalue weighted by molar-refractivity contribution is -0.132. The van der Waals surface area contributed by atoms with Crippen LogP contribution in [0.25, 0.3) is 10.9 Å². The molecule has 21 heavy (non-hydrogen) atoms. The van der Waals surface area contributed by atoms with Gasteiger partial charge in [-0.1, -0.05) is 24.3 Å². The van der Waals surface area contributed by atoms with E-state index >= 15 is 0 Å². The number of rotatable bonds is 4. The number of allylic oxidation sites excluding steroid dienone is 2. The van der Waals surface area contributed by atoms with Gasteiger partial charge in [0.2, 0.25) is 0 Å². The fraction of sp³-hybridized carbons (Fsp3) is 0.250. The Morgan fingerprint density at radius 3 is 2.52 bits per heavy atom. The maximum absolute atomic E-state index is 10.7. The molecule has 2 rings (SSSR count). The summed E-state index contributed by atoms with van der Waals surface area (Å²) >= 11 is 0. The van der Waals surface area contributed by atoms with Crippen molar-refractivity contribution in [3.8, 4) is 0 Å². The van der Waals surface area contributed by atoms with E-state index in [4.69, 9.17) is 16.4 Å². The van der Waals surface area contributed by atoms with Crippen LogP contribution in [-0.2, 0) is 9.53 Å². The van der Waals surface area contributed by atoms with Crippen LogP contribution in [0.1, 0.15) is 5.56 Å². The number of nitrogens with zero attached hydrogens (tertiary/aromatic N) is 2. The van der Waals surface area contributed by atoms with Gasteiger partial charge in [-0.25, -0.2) is 4.85 Å². The highest BCUT2D eigenvalue weighted by molar-refractivity contribution is 5.89. The number of carboxylic acids is 1. The Morgan fingerprint density at radius 1 is 1.29 bits per heavy atom. The van der Waals surface area contributed by atoms with Crippen molar-refractivity contribution in [2.24, 2.45) is 0 Å². The van der Waals surface area contributed by atoms with Crippen LogP contribution in [0.3, 0.4) is 0 Å². The molecule has 1 fully saturated rings. The minimum absolute atomic E-state index is 0.295. The molecule has 108 valence electrons. The predicted octanol–water partition coefficient (Wildman–Crippen LogP) is 2.42. The lowest BCUT2D eigenvalue weighted by Crippen LogP contribution is -2.36. The molecule has 0 radical (unpaired) electrons. The van der Waals surface area contributed by atoms with Crippen molar-refractivity contribution in [1.29, 1.82) is 0 Å². The molecule has 1 N–H and O–H groups in total. The van der Waals surface area contributed by atoms with Gasteiger partial charge in [0.05, 0.1) is 19.8 Å². The van der Waals surface area contributed by atoms with Crippen LogP contribution in [0.4, 0.5) is 5.69 Å². The molecular weight excluding hydrogens is 268 g/mol. The van der Waals surface area contributed by atoms with E-state index in [0.29, 0.717) is 0 Å². The number of carbonyl (C=O) groups is 1. The van der Waals surface area contributed by atoms with E-state index in [-0.39, 0.29) is 5.70 Å². The zero-order valence-corrected chi connectivity index (χ0v) is 11.5. The summed E-state index contributed by atoms with van der Waals surface area (Å²) in [6.07, 6.45) is 4.65. The van der Waals surface area contributed by atoms with Gasteiger partial charge in [0.25, 0.3) is 5.70 Å². The maximum Gasteiger partial charge on any atom is 0.333 e. The number of hydrogen-bond acceptors (Lipinski definition) is 3. The highest BCUT2D eigenvalue weighted by Gasteiger charge is 2.10. The molecule has 0 aromatic heterocycles. The predicted molar refractivity (Wildman–Crippen MR) is 80.8 cm³/mol. The monoisotopic (exact) mass is 284 g/mol. The Hall–Kier alpha value is -2.58. The number of benzene rings is 1. The van der Waals surface area contributed by atoms with Gasteiger partial charge in [0.15, 0.2) is 0 Å². The minimum Gasteiger partial charge on any atom is -0.486 e. The van der Waals surface area contributed by atoms with Crippen LogP contribution in [0.5, 0.6) is 0 Å². The van der Waals surface area contributed by atoms with Gasteiger partial charge < -0.3 is 14.7 Å². The highest BCUT2D eigenvalue weighted by atomic mass is 16.5. The molecule has 1 aliphatic rings. The average Bonchev–Trinajstić information content (AvgIpc) is 2.53. The number of hydrogen-bond donors (Lipinski definition) is 1. The molecule has 1 aromatic rings. The third-order valence-corrected chi connectivity index (χ3v) is 3.15. The summed E-state index contributed by atoms with van der Waals surface area (Å²) in [7, 11) is 0. The van der Waals surface area contributed by atoms with E-state index in [0.717, 1.165) is 37.6 Å². The first kappa shape index (κ1) is 14.8. The van der Waals surface area contributed by atoms with Crippen LogP contribution in [0.15, 0.2) is 42.1 Å². The van der Waals surface area contributed by atoms with Crippen molar-refractivity contribution < 1.29 is 14.6 Å². The minimum atomic E-state index is -1.21. The summed E-state index contributed by atoms with van der Waals surface area (Å²) in [5.74, 6) is -1.21.